The minimum absolute atomic E-state index is 0. The van der Waals surface area contributed by atoms with E-state index in [9.17, 15) is 0 Å². The van der Waals surface area contributed by atoms with Crippen molar-refractivity contribution in [3.63, 3.8) is 0 Å². The van der Waals surface area contributed by atoms with Crippen molar-refractivity contribution in [3.05, 3.63) is 59.7 Å². The Bertz CT molecular complexity index is 314. The Labute approximate surface area is 131 Å². The topological polar surface area (TPSA) is 20.2 Å². The summed E-state index contributed by atoms with van der Waals surface area (Å²) < 4.78 is 0. The summed E-state index contributed by atoms with van der Waals surface area (Å²) in [6.45, 7) is 9.40. The maximum absolute atomic E-state index is 8.52. The third kappa shape index (κ3) is 17.9. The summed E-state index contributed by atoms with van der Waals surface area (Å²) in [6, 6.07) is 16.5. The molecule has 0 heterocycles. The molecule has 0 saturated carbocycles. The molecule has 2 heteroatoms. The van der Waals surface area contributed by atoms with Crippen LogP contribution >= 0.6 is 0 Å². The first-order chi connectivity index (χ1) is 7.79. The van der Waals surface area contributed by atoms with Crippen LogP contribution in [0.1, 0.15) is 31.9 Å². The molecule has 1 N–H and O–H groups in total. The van der Waals surface area contributed by atoms with Crippen molar-refractivity contribution in [2.75, 3.05) is 0 Å². The molecule has 0 amide bonds. The van der Waals surface area contributed by atoms with Gasteiger partial charge in [-0.3, -0.25) is 0 Å². The largest absolute Gasteiger partial charge is 3.00 e. The van der Waals surface area contributed by atoms with Crippen LogP contribution in [0, 0.1) is 13.8 Å². The fraction of sp³-hybridized carbons (Fsp3) is 0.375. The number of hydrogen-bond acceptors (Lipinski definition) is 1. The van der Waals surface area contributed by atoms with Gasteiger partial charge in [0.1, 0.15) is 0 Å². The number of hydrogen-bond donors (Lipinski definition) is 1. The summed E-state index contributed by atoms with van der Waals surface area (Å²) in [5.74, 6) is 0. The Morgan fingerprint density at radius 1 is 0.722 bits per heavy atom. The molecule has 0 fully saturated rings. The van der Waals surface area contributed by atoms with Gasteiger partial charge < -0.3 is 5.11 Å². The molecule has 0 spiro atoms. The molecular weight excluding hydrogens is 299 g/mol. The van der Waals surface area contributed by atoms with E-state index in [0.717, 1.165) is 0 Å². The molecule has 0 saturated heterocycles. The Hall–Kier alpha value is -0.457. The van der Waals surface area contributed by atoms with E-state index in [1.165, 1.54) is 11.1 Å². The van der Waals surface area contributed by atoms with E-state index in [0.29, 0.717) is 0 Å². The first-order valence-corrected chi connectivity index (χ1v) is 5.88. The number of rotatable bonds is 0. The van der Waals surface area contributed by atoms with Gasteiger partial charge in [-0.2, -0.15) is 35.4 Å². The molecule has 97 valence electrons. The summed E-state index contributed by atoms with van der Waals surface area (Å²) in [7, 11) is 0. The van der Waals surface area contributed by atoms with Gasteiger partial charge in [0, 0.05) is 0 Å². The van der Waals surface area contributed by atoms with Gasteiger partial charge in [-0.25, -0.2) is 24.3 Å². The third-order valence-electron chi connectivity index (χ3n) is 1.66. The predicted octanol–water partition coefficient (Wildman–Crippen LogP) is 4.20. The van der Waals surface area contributed by atoms with Crippen LogP contribution in [0.3, 0.4) is 0 Å². The van der Waals surface area contributed by atoms with Gasteiger partial charge >= 0.3 is 26.2 Å². The second-order valence-electron chi connectivity index (χ2n) is 5.10. The van der Waals surface area contributed by atoms with E-state index >= 15 is 0 Å². The zero-order chi connectivity index (χ0) is 13.3. The fourth-order valence-electron chi connectivity index (χ4n) is 0.940. The van der Waals surface area contributed by atoms with Gasteiger partial charge in [0.15, 0.2) is 0 Å². The van der Waals surface area contributed by atoms with Crippen molar-refractivity contribution in [2.45, 2.75) is 40.2 Å². The Morgan fingerprint density at radius 2 is 0.889 bits per heavy atom. The standard InChI is InChI=1S/2C6H7.C4H10O.Zr/c2*1-6-4-2-3-5-6;1-4(2,3)5;/h2*2-5H,1H3;5H,1-3H3;/q2*-1;;+3. The maximum atomic E-state index is 8.52. The van der Waals surface area contributed by atoms with Crippen LogP contribution in [0.2, 0.25) is 0 Å². The van der Waals surface area contributed by atoms with Crippen LogP contribution in [-0.4, -0.2) is 10.7 Å². The van der Waals surface area contributed by atoms with Gasteiger partial charge in [0.25, 0.3) is 0 Å². The fourth-order valence-corrected chi connectivity index (χ4v) is 0.940. The molecule has 18 heavy (non-hydrogen) atoms. The summed E-state index contributed by atoms with van der Waals surface area (Å²) in [5, 5.41) is 8.52. The van der Waals surface area contributed by atoms with Crippen molar-refractivity contribution in [1.82, 2.24) is 0 Å². The second-order valence-corrected chi connectivity index (χ2v) is 5.10. The molecular formula is C16H24OZr+. The molecule has 1 nitrogen and oxygen atoms in total. The smallest absolute Gasteiger partial charge is 0.391 e. The Balaban J connectivity index is 0. The maximum Gasteiger partial charge on any atom is 3.00 e. The van der Waals surface area contributed by atoms with E-state index in [1.807, 2.05) is 24.3 Å². The van der Waals surface area contributed by atoms with Crippen molar-refractivity contribution in [1.29, 1.82) is 0 Å². The average Bonchev–Trinajstić information content (AvgIpc) is 2.76. The van der Waals surface area contributed by atoms with Gasteiger partial charge in [0.2, 0.25) is 0 Å². The van der Waals surface area contributed by atoms with E-state index in [4.69, 9.17) is 5.11 Å². The van der Waals surface area contributed by atoms with Crippen molar-refractivity contribution in [3.8, 4) is 0 Å². The van der Waals surface area contributed by atoms with Gasteiger partial charge in [0.05, 0.1) is 5.60 Å². The van der Waals surface area contributed by atoms with Crippen LogP contribution in [0.25, 0.3) is 0 Å². The van der Waals surface area contributed by atoms with Crippen molar-refractivity contribution in [2.24, 2.45) is 0 Å². The van der Waals surface area contributed by atoms with Gasteiger partial charge in [-0.1, -0.05) is 13.8 Å². The zero-order valence-electron chi connectivity index (χ0n) is 12.1. The first kappa shape index (κ1) is 19.9. The van der Waals surface area contributed by atoms with Crippen molar-refractivity contribution >= 4 is 0 Å². The molecule has 0 bridgehead atoms. The van der Waals surface area contributed by atoms with Gasteiger partial charge in [-0.05, 0) is 20.8 Å². The molecule has 2 rings (SSSR count). The molecule has 0 aliphatic heterocycles. The third-order valence-corrected chi connectivity index (χ3v) is 1.66. The quantitative estimate of drug-likeness (QED) is 0.720. The van der Waals surface area contributed by atoms with Crippen LogP contribution in [-0.2, 0) is 26.2 Å². The first-order valence-electron chi connectivity index (χ1n) is 5.88. The Kier molecular flexibility index (Phi) is 11.6. The minimum Gasteiger partial charge on any atom is -0.391 e. The van der Waals surface area contributed by atoms with E-state index in [1.54, 1.807) is 20.8 Å². The van der Waals surface area contributed by atoms with Crippen LogP contribution in [0.4, 0.5) is 0 Å². The SMILES string of the molecule is CC(C)(C)O.C[c-]1cccc1.C[c-]1cccc1.[Zr+3]. The van der Waals surface area contributed by atoms with E-state index in [-0.39, 0.29) is 26.2 Å². The predicted molar refractivity (Wildman–Crippen MR) is 75.5 cm³/mol. The summed E-state index contributed by atoms with van der Waals surface area (Å²) in [5.41, 5.74) is 2.19. The Morgan fingerprint density at radius 3 is 0.944 bits per heavy atom. The average molecular weight is 324 g/mol. The van der Waals surface area contributed by atoms with Gasteiger partial charge in [-0.15, -0.1) is 0 Å². The second kappa shape index (κ2) is 10.5. The summed E-state index contributed by atoms with van der Waals surface area (Å²) >= 11 is 0. The molecule has 0 atom stereocenters. The molecule has 2 aromatic carbocycles. The zero-order valence-corrected chi connectivity index (χ0v) is 14.5. The monoisotopic (exact) mass is 322 g/mol. The number of aryl methyl sites for hydroxylation is 2. The summed E-state index contributed by atoms with van der Waals surface area (Å²) in [6.07, 6.45) is 0. The van der Waals surface area contributed by atoms with Crippen LogP contribution < -0.4 is 0 Å². The summed E-state index contributed by atoms with van der Waals surface area (Å²) in [4.78, 5) is 0. The molecule has 2 aromatic rings. The molecule has 1 radical (unpaired) electrons. The van der Waals surface area contributed by atoms with Crippen molar-refractivity contribution < 1.29 is 31.3 Å². The van der Waals surface area contributed by atoms with Crippen LogP contribution in [0.5, 0.6) is 0 Å². The molecule has 0 unspecified atom stereocenters. The number of aliphatic hydroxyl groups is 1. The molecule has 0 aliphatic rings. The minimum atomic E-state index is -0.500. The van der Waals surface area contributed by atoms with E-state index < -0.39 is 5.60 Å². The normalized spacial score (nSPS) is 9.22. The van der Waals surface area contributed by atoms with Crippen LogP contribution in [0.15, 0.2) is 48.5 Å². The molecule has 0 aromatic heterocycles. The van der Waals surface area contributed by atoms with E-state index in [2.05, 4.69) is 38.1 Å². The molecule has 0 aliphatic carbocycles.